The predicted octanol–water partition coefficient (Wildman–Crippen LogP) is 1.23. The first kappa shape index (κ1) is 18.1. The molecule has 0 spiro atoms. The third-order valence-electron chi connectivity index (χ3n) is 2.72. The molecule has 2 rings (SSSR count). The van der Waals surface area contributed by atoms with Gasteiger partial charge in [0, 0.05) is 6.07 Å². The van der Waals surface area contributed by atoms with E-state index in [-0.39, 0.29) is 17.1 Å². The summed E-state index contributed by atoms with van der Waals surface area (Å²) in [6.07, 6.45) is -1.60. The van der Waals surface area contributed by atoms with Crippen molar-refractivity contribution in [2.24, 2.45) is 0 Å². The molecule has 23 heavy (non-hydrogen) atoms. The Kier molecular flexibility index (Phi) is 6.66. The van der Waals surface area contributed by atoms with Crippen LogP contribution in [0.1, 0.15) is 22.1 Å². The first-order valence-corrected chi connectivity index (χ1v) is 6.39. The SMILES string of the molecule is O=C(CO)c1ccc(O)cc1O.O=[N+]([O-])C(O)c1ccccc1. The molecule has 8 heteroatoms. The highest BCUT2D eigenvalue weighted by Gasteiger charge is 2.16. The summed E-state index contributed by atoms with van der Waals surface area (Å²) in [6, 6.07) is 11.6. The van der Waals surface area contributed by atoms with E-state index in [1.54, 1.807) is 18.2 Å². The second-order valence-corrected chi connectivity index (χ2v) is 4.35. The minimum absolute atomic E-state index is 0.00954. The summed E-state index contributed by atoms with van der Waals surface area (Å²) in [5.41, 5.74) is 0.313. The zero-order chi connectivity index (χ0) is 17.4. The molecular weight excluding hydrogens is 306 g/mol. The van der Waals surface area contributed by atoms with E-state index in [0.717, 1.165) is 6.07 Å². The number of carbonyl (C=O) groups excluding carboxylic acids is 1. The summed E-state index contributed by atoms with van der Waals surface area (Å²) in [5.74, 6) is -1.02. The first-order valence-electron chi connectivity index (χ1n) is 6.39. The predicted molar refractivity (Wildman–Crippen MR) is 79.6 cm³/mol. The van der Waals surface area contributed by atoms with Gasteiger partial charge in [0.25, 0.3) is 0 Å². The van der Waals surface area contributed by atoms with Crippen LogP contribution < -0.4 is 0 Å². The maximum Gasteiger partial charge on any atom is 0.339 e. The molecule has 0 amide bonds. The Bertz CT molecular complexity index is 673. The Labute approximate surface area is 131 Å². The van der Waals surface area contributed by atoms with E-state index in [9.17, 15) is 14.9 Å². The summed E-state index contributed by atoms with van der Waals surface area (Å²) in [5, 5.41) is 45.4. The zero-order valence-corrected chi connectivity index (χ0v) is 11.9. The fourth-order valence-corrected chi connectivity index (χ4v) is 1.59. The van der Waals surface area contributed by atoms with E-state index in [2.05, 4.69) is 0 Å². The van der Waals surface area contributed by atoms with Crippen molar-refractivity contribution in [3.63, 3.8) is 0 Å². The van der Waals surface area contributed by atoms with Gasteiger partial charge in [-0.3, -0.25) is 14.9 Å². The van der Waals surface area contributed by atoms with Crippen LogP contribution in [0.25, 0.3) is 0 Å². The molecule has 0 radical (unpaired) electrons. The fraction of sp³-hybridized carbons (Fsp3) is 0.133. The van der Waals surface area contributed by atoms with Gasteiger partial charge in [0.15, 0.2) is 5.78 Å². The lowest BCUT2D eigenvalue weighted by molar-refractivity contribution is -0.578. The van der Waals surface area contributed by atoms with Crippen LogP contribution >= 0.6 is 0 Å². The maximum absolute atomic E-state index is 10.9. The number of ketones is 1. The summed E-state index contributed by atoms with van der Waals surface area (Å²) >= 11 is 0. The summed E-state index contributed by atoms with van der Waals surface area (Å²) < 4.78 is 0. The Hall–Kier alpha value is -2.97. The molecule has 0 aromatic heterocycles. The van der Waals surface area contributed by atoms with Gasteiger partial charge in [-0.25, -0.2) is 0 Å². The molecule has 0 fully saturated rings. The number of nitro groups is 1. The number of hydrogen-bond donors (Lipinski definition) is 4. The smallest absolute Gasteiger partial charge is 0.339 e. The molecule has 1 atom stereocenters. The highest BCUT2D eigenvalue weighted by Crippen LogP contribution is 2.22. The topological polar surface area (TPSA) is 141 Å². The third-order valence-corrected chi connectivity index (χ3v) is 2.72. The number of rotatable bonds is 4. The van der Waals surface area contributed by atoms with Crippen molar-refractivity contribution in [2.75, 3.05) is 6.61 Å². The fourth-order valence-electron chi connectivity index (χ4n) is 1.59. The lowest BCUT2D eigenvalue weighted by atomic mass is 10.1. The van der Waals surface area contributed by atoms with Gasteiger partial charge in [0.05, 0.1) is 16.1 Å². The van der Waals surface area contributed by atoms with Crippen molar-refractivity contribution >= 4 is 5.78 Å². The Morgan fingerprint density at radius 2 is 1.74 bits per heavy atom. The van der Waals surface area contributed by atoms with Crippen molar-refractivity contribution < 1.29 is 30.1 Å². The Morgan fingerprint density at radius 3 is 2.22 bits per heavy atom. The Balaban J connectivity index is 0.000000231. The van der Waals surface area contributed by atoms with E-state index in [1.807, 2.05) is 0 Å². The molecule has 0 aliphatic carbocycles. The molecule has 0 aliphatic heterocycles. The largest absolute Gasteiger partial charge is 0.508 e. The van der Waals surface area contributed by atoms with E-state index >= 15 is 0 Å². The molecular formula is C15H15NO7. The number of aromatic hydroxyl groups is 2. The number of aliphatic hydroxyl groups excluding tert-OH is 2. The van der Waals surface area contributed by atoms with Gasteiger partial charge in [-0.1, -0.05) is 18.2 Å². The number of nitrogens with zero attached hydrogens (tertiary/aromatic N) is 1. The normalized spacial score (nSPS) is 11.0. The van der Waals surface area contributed by atoms with E-state index in [4.69, 9.17) is 20.4 Å². The van der Waals surface area contributed by atoms with Crippen LogP contribution in [-0.2, 0) is 0 Å². The first-order chi connectivity index (χ1) is 10.9. The summed E-state index contributed by atoms with van der Waals surface area (Å²) in [6.45, 7) is -0.654. The molecule has 2 aromatic carbocycles. The number of benzene rings is 2. The van der Waals surface area contributed by atoms with Crippen LogP contribution in [0.4, 0.5) is 0 Å². The summed E-state index contributed by atoms with van der Waals surface area (Å²) in [7, 11) is 0. The third kappa shape index (κ3) is 5.38. The minimum atomic E-state index is -1.60. The van der Waals surface area contributed by atoms with Gasteiger partial charge in [-0.05, 0) is 24.3 Å². The molecule has 0 heterocycles. The van der Waals surface area contributed by atoms with Gasteiger partial charge in [0.2, 0.25) is 0 Å². The zero-order valence-electron chi connectivity index (χ0n) is 11.9. The van der Waals surface area contributed by atoms with E-state index in [0.29, 0.717) is 5.56 Å². The van der Waals surface area contributed by atoms with Crippen LogP contribution in [0, 0.1) is 10.1 Å². The van der Waals surface area contributed by atoms with Crippen molar-refractivity contribution in [1.82, 2.24) is 0 Å². The van der Waals surface area contributed by atoms with Crippen LogP contribution in [-0.4, -0.2) is 37.7 Å². The average Bonchev–Trinajstić information content (AvgIpc) is 2.55. The van der Waals surface area contributed by atoms with Crippen LogP contribution in [0.15, 0.2) is 48.5 Å². The molecule has 0 saturated carbocycles. The summed E-state index contributed by atoms with van der Waals surface area (Å²) in [4.78, 5) is 20.2. The maximum atomic E-state index is 10.9. The molecule has 8 nitrogen and oxygen atoms in total. The van der Waals surface area contributed by atoms with Gasteiger partial charge in [-0.15, -0.1) is 0 Å². The average molecular weight is 321 g/mol. The lowest BCUT2D eigenvalue weighted by Gasteiger charge is -2.00. The van der Waals surface area contributed by atoms with Gasteiger partial charge >= 0.3 is 6.23 Å². The molecule has 122 valence electrons. The van der Waals surface area contributed by atoms with Crippen LogP contribution in [0.2, 0.25) is 0 Å². The minimum Gasteiger partial charge on any atom is -0.508 e. The van der Waals surface area contributed by atoms with Crippen molar-refractivity contribution in [1.29, 1.82) is 0 Å². The second-order valence-electron chi connectivity index (χ2n) is 4.35. The quantitative estimate of drug-likeness (QED) is 0.287. The van der Waals surface area contributed by atoms with Gasteiger partial charge < -0.3 is 20.4 Å². The number of phenols is 2. The standard InChI is InChI=1S/C8H8O4.C7H7NO3/c9-4-8(12)6-2-1-5(10)3-7(6)11;9-7(8(10)11)6-4-2-1-3-5-6/h1-3,9-11H,4H2;1-5,7,9H. The lowest BCUT2D eigenvalue weighted by Crippen LogP contribution is -2.08. The van der Waals surface area contributed by atoms with Gasteiger partial charge in [0.1, 0.15) is 18.1 Å². The molecule has 4 N–H and O–H groups in total. The molecule has 0 bridgehead atoms. The van der Waals surface area contributed by atoms with Crippen molar-refractivity contribution in [2.45, 2.75) is 6.23 Å². The molecule has 1 unspecified atom stereocenters. The molecule has 0 saturated heterocycles. The number of aliphatic hydroxyl groups is 2. The second kappa shape index (κ2) is 8.47. The van der Waals surface area contributed by atoms with E-state index in [1.165, 1.54) is 24.3 Å². The number of Topliss-reactive ketones (excluding diaryl/α,β-unsaturated/α-hetero) is 1. The van der Waals surface area contributed by atoms with Crippen LogP contribution in [0.3, 0.4) is 0 Å². The number of hydrogen-bond acceptors (Lipinski definition) is 7. The molecule has 2 aromatic rings. The van der Waals surface area contributed by atoms with E-state index < -0.39 is 23.5 Å². The Morgan fingerprint density at radius 1 is 1.13 bits per heavy atom. The highest BCUT2D eigenvalue weighted by molar-refractivity contribution is 5.99. The van der Waals surface area contributed by atoms with Gasteiger partial charge in [-0.2, -0.15) is 0 Å². The van der Waals surface area contributed by atoms with Crippen LogP contribution in [0.5, 0.6) is 11.5 Å². The van der Waals surface area contributed by atoms with Crippen molar-refractivity contribution in [3.8, 4) is 11.5 Å². The monoisotopic (exact) mass is 321 g/mol. The number of phenolic OH excluding ortho intramolecular Hbond substituents is 2. The highest BCUT2D eigenvalue weighted by atomic mass is 16.7. The molecule has 0 aliphatic rings. The van der Waals surface area contributed by atoms with Crippen molar-refractivity contribution in [3.05, 3.63) is 69.8 Å². The number of carbonyl (C=O) groups is 1.